The maximum atomic E-state index is 13.1. The van der Waals surface area contributed by atoms with Crippen molar-refractivity contribution in [2.24, 2.45) is 5.92 Å². The van der Waals surface area contributed by atoms with E-state index in [0.29, 0.717) is 12.0 Å². The molecule has 0 saturated carbocycles. The summed E-state index contributed by atoms with van der Waals surface area (Å²) in [5.41, 5.74) is 0.573. The van der Waals surface area contributed by atoms with Gasteiger partial charge in [-0.1, -0.05) is 6.92 Å². The molecule has 3 heteroatoms. The van der Waals surface area contributed by atoms with E-state index in [1.54, 1.807) is 6.92 Å². The molecule has 1 aliphatic carbocycles. The molecule has 0 N–H and O–H groups in total. The monoisotopic (exact) mass is 182 g/mol. The number of Topliss-reactive ketones (excluding diaryl/α,β-unsaturated/α-hetero) is 1. The molecule has 0 bridgehead atoms. The van der Waals surface area contributed by atoms with E-state index >= 15 is 0 Å². The van der Waals surface area contributed by atoms with E-state index in [-0.39, 0.29) is 17.3 Å². The zero-order valence-corrected chi connectivity index (χ0v) is 7.10. The molecule has 1 atom stereocenters. The first-order valence-electron chi connectivity index (χ1n) is 4.11. The van der Waals surface area contributed by atoms with Crippen LogP contribution in [0.25, 0.3) is 0 Å². The van der Waals surface area contributed by atoms with Gasteiger partial charge < -0.3 is 0 Å². The number of hydrogen-bond donors (Lipinski definition) is 0. The third kappa shape index (κ3) is 1.15. The van der Waals surface area contributed by atoms with E-state index < -0.39 is 11.6 Å². The van der Waals surface area contributed by atoms with Crippen molar-refractivity contribution in [1.29, 1.82) is 0 Å². The summed E-state index contributed by atoms with van der Waals surface area (Å²) in [6.45, 7) is 1.72. The van der Waals surface area contributed by atoms with Crippen molar-refractivity contribution in [3.63, 3.8) is 0 Å². The molecule has 0 spiro atoms. The Kier molecular flexibility index (Phi) is 1.68. The molecule has 1 unspecified atom stereocenters. The maximum absolute atomic E-state index is 13.1. The van der Waals surface area contributed by atoms with Gasteiger partial charge in [-0.3, -0.25) is 4.79 Å². The van der Waals surface area contributed by atoms with Gasteiger partial charge in [-0.25, -0.2) is 8.78 Å². The van der Waals surface area contributed by atoms with E-state index in [4.69, 9.17) is 0 Å². The van der Waals surface area contributed by atoms with Crippen LogP contribution in [0.3, 0.4) is 0 Å². The maximum Gasteiger partial charge on any atom is 0.166 e. The molecule has 68 valence electrons. The molecule has 13 heavy (non-hydrogen) atoms. The number of rotatable bonds is 0. The molecule has 0 amide bonds. The van der Waals surface area contributed by atoms with Gasteiger partial charge in [0.15, 0.2) is 5.78 Å². The van der Waals surface area contributed by atoms with Crippen molar-refractivity contribution in [3.8, 4) is 0 Å². The van der Waals surface area contributed by atoms with Crippen LogP contribution in [0.1, 0.15) is 22.8 Å². The molecule has 0 radical (unpaired) electrons. The Bertz CT molecular complexity index is 385. The van der Waals surface area contributed by atoms with Crippen molar-refractivity contribution in [2.45, 2.75) is 13.3 Å². The van der Waals surface area contributed by atoms with Gasteiger partial charge in [0, 0.05) is 17.5 Å². The van der Waals surface area contributed by atoms with Crippen LogP contribution >= 0.6 is 0 Å². The summed E-state index contributed by atoms with van der Waals surface area (Å²) >= 11 is 0. The quantitative estimate of drug-likeness (QED) is 0.601. The Morgan fingerprint density at radius 3 is 2.77 bits per heavy atom. The minimum atomic E-state index is -0.682. The number of ketones is 1. The second-order valence-corrected chi connectivity index (χ2v) is 3.38. The molecule has 0 fully saturated rings. The van der Waals surface area contributed by atoms with Crippen LogP contribution in [-0.2, 0) is 6.42 Å². The minimum absolute atomic E-state index is 0.159. The predicted molar refractivity (Wildman–Crippen MR) is 43.6 cm³/mol. The minimum Gasteiger partial charge on any atom is -0.294 e. The summed E-state index contributed by atoms with van der Waals surface area (Å²) in [7, 11) is 0. The van der Waals surface area contributed by atoms with E-state index in [9.17, 15) is 13.6 Å². The van der Waals surface area contributed by atoms with Gasteiger partial charge in [0.1, 0.15) is 11.6 Å². The molecular weight excluding hydrogens is 174 g/mol. The average Bonchev–Trinajstić information content (AvgIpc) is 2.32. The molecule has 0 saturated heterocycles. The molecule has 0 aromatic heterocycles. The van der Waals surface area contributed by atoms with Crippen LogP contribution in [0.15, 0.2) is 12.1 Å². The van der Waals surface area contributed by atoms with E-state index in [1.807, 2.05) is 0 Å². The molecule has 1 aromatic carbocycles. The van der Waals surface area contributed by atoms with Gasteiger partial charge in [-0.15, -0.1) is 0 Å². The van der Waals surface area contributed by atoms with E-state index in [1.165, 1.54) is 0 Å². The highest BCUT2D eigenvalue weighted by Gasteiger charge is 2.29. The average molecular weight is 182 g/mol. The number of halogens is 2. The largest absolute Gasteiger partial charge is 0.294 e. The topological polar surface area (TPSA) is 17.1 Å². The summed E-state index contributed by atoms with van der Waals surface area (Å²) < 4.78 is 25.8. The molecule has 0 heterocycles. The Balaban J connectivity index is 2.64. The fourth-order valence-corrected chi connectivity index (χ4v) is 1.70. The predicted octanol–water partition coefficient (Wildman–Crippen LogP) is 2.34. The van der Waals surface area contributed by atoms with Gasteiger partial charge >= 0.3 is 0 Å². The lowest BCUT2D eigenvalue weighted by molar-refractivity contribution is 0.0946. The third-order valence-electron chi connectivity index (χ3n) is 2.38. The smallest absolute Gasteiger partial charge is 0.166 e. The van der Waals surface area contributed by atoms with Crippen molar-refractivity contribution in [2.75, 3.05) is 0 Å². The second-order valence-electron chi connectivity index (χ2n) is 3.38. The van der Waals surface area contributed by atoms with Crippen LogP contribution in [0.2, 0.25) is 0 Å². The molecule has 2 rings (SSSR count). The third-order valence-corrected chi connectivity index (χ3v) is 2.38. The summed E-state index contributed by atoms with van der Waals surface area (Å²) in [6, 6.07) is 1.94. The number of carbonyl (C=O) groups is 1. The van der Waals surface area contributed by atoms with Gasteiger partial charge in [0.05, 0.1) is 0 Å². The van der Waals surface area contributed by atoms with Crippen molar-refractivity contribution in [3.05, 3.63) is 34.9 Å². The molecule has 1 aliphatic rings. The fraction of sp³-hybridized carbons (Fsp3) is 0.300. The second kappa shape index (κ2) is 2.62. The first kappa shape index (κ1) is 8.35. The van der Waals surface area contributed by atoms with Crippen LogP contribution in [0, 0.1) is 17.6 Å². The number of benzene rings is 1. The van der Waals surface area contributed by atoms with Crippen LogP contribution in [-0.4, -0.2) is 5.78 Å². The Morgan fingerprint density at radius 1 is 1.38 bits per heavy atom. The number of fused-ring (bicyclic) bond motifs is 1. The van der Waals surface area contributed by atoms with Gasteiger partial charge in [-0.2, -0.15) is 0 Å². The van der Waals surface area contributed by atoms with E-state index in [0.717, 1.165) is 12.1 Å². The highest BCUT2D eigenvalue weighted by atomic mass is 19.1. The highest BCUT2D eigenvalue weighted by Crippen LogP contribution is 2.29. The summed E-state index contributed by atoms with van der Waals surface area (Å²) in [5.74, 6) is -1.66. The summed E-state index contributed by atoms with van der Waals surface area (Å²) in [6.07, 6.45) is 0.389. The van der Waals surface area contributed by atoms with Crippen molar-refractivity contribution >= 4 is 5.78 Å². The lowest BCUT2D eigenvalue weighted by atomic mass is 10.1. The zero-order valence-electron chi connectivity index (χ0n) is 7.10. The summed E-state index contributed by atoms with van der Waals surface area (Å²) in [4.78, 5) is 11.4. The van der Waals surface area contributed by atoms with Gasteiger partial charge in [-0.05, 0) is 18.1 Å². The van der Waals surface area contributed by atoms with Crippen molar-refractivity contribution < 1.29 is 13.6 Å². The number of hydrogen-bond acceptors (Lipinski definition) is 1. The highest BCUT2D eigenvalue weighted by molar-refractivity contribution is 6.02. The fourth-order valence-electron chi connectivity index (χ4n) is 1.70. The van der Waals surface area contributed by atoms with Crippen molar-refractivity contribution in [1.82, 2.24) is 0 Å². The summed E-state index contributed by atoms with van der Waals surface area (Å²) in [5, 5.41) is 0. The van der Waals surface area contributed by atoms with Gasteiger partial charge in [0.2, 0.25) is 0 Å². The van der Waals surface area contributed by atoms with E-state index in [2.05, 4.69) is 0 Å². The Morgan fingerprint density at radius 2 is 2.08 bits per heavy atom. The lowest BCUT2D eigenvalue weighted by Crippen LogP contribution is -2.03. The zero-order chi connectivity index (χ0) is 9.59. The number of carbonyl (C=O) groups excluding carboxylic acids is 1. The Hall–Kier alpha value is -1.25. The Labute approximate surface area is 74.4 Å². The first-order chi connectivity index (χ1) is 6.09. The van der Waals surface area contributed by atoms with Crippen LogP contribution < -0.4 is 0 Å². The normalized spacial score (nSPS) is 20.5. The standard InChI is InChI=1S/C10H8F2O/c1-5-2-7-8(10(5)13)3-6(11)4-9(7)12/h3-5H,2H2,1H3. The van der Waals surface area contributed by atoms with Gasteiger partial charge in [0.25, 0.3) is 0 Å². The van der Waals surface area contributed by atoms with Crippen LogP contribution in [0.5, 0.6) is 0 Å². The SMILES string of the molecule is CC1Cc2c(F)cc(F)cc2C1=O. The van der Waals surface area contributed by atoms with Crippen LogP contribution in [0.4, 0.5) is 8.78 Å². The molecule has 0 aliphatic heterocycles. The molecular formula is C10H8F2O. The lowest BCUT2D eigenvalue weighted by Gasteiger charge is -1.98. The molecule has 1 nitrogen and oxygen atoms in total. The molecule has 1 aromatic rings. The first-order valence-corrected chi connectivity index (χ1v) is 4.11.